The van der Waals surface area contributed by atoms with Gasteiger partial charge in [0.25, 0.3) is 0 Å². The summed E-state index contributed by atoms with van der Waals surface area (Å²) >= 11 is 0. The van der Waals surface area contributed by atoms with E-state index in [1.54, 1.807) is 30.9 Å². The summed E-state index contributed by atoms with van der Waals surface area (Å²) in [4.78, 5) is 41.5. The molecule has 3 atom stereocenters. The van der Waals surface area contributed by atoms with Gasteiger partial charge in [-0.15, -0.1) is 0 Å². The summed E-state index contributed by atoms with van der Waals surface area (Å²) in [5.74, 6) is 0.862. The van der Waals surface area contributed by atoms with Gasteiger partial charge in [-0.25, -0.2) is 14.8 Å². The summed E-state index contributed by atoms with van der Waals surface area (Å²) in [7, 11) is 0. The van der Waals surface area contributed by atoms with Crippen LogP contribution in [0.25, 0.3) is 0 Å². The Hall–Kier alpha value is -2.81. The molecule has 0 saturated carbocycles. The molecule has 9 nitrogen and oxygen atoms in total. The minimum Gasteiger partial charge on any atom is -0.371 e. The van der Waals surface area contributed by atoms with Crippen LogP contribution in [0.1, 0.15) is 25.7 Å². The van der Waals surface area contributed by atoms with E-state index in [1.807, 2.05) is 4.90 Å². The van der Waals surface area contributed by atoms with Crippen LogP contribution in [0.4, 0.5) is 5.82 Å². The van der Waals surface area contributed by atoms with Gasteiger partial charge in [-0.05, 0) is 31.7 Å². The van der Waals surface area contributed by atoms with Crippen LogP contribution >= 0.6 is 0 Å². The summed E-state index contributed by atoms with van der Waals surface area (Å²) in [5.41, 5.74) is -0.652. The molecule has 2 aromatic heterocycles. The fraction of sp³-hybridized carbons (Fsp3) is 0.550. The summed E-state index contributed by atoms with van der Waals surface area (Å²) < 4.78 is 7.69. The third-order valence-electron chi connectivity index (χ3n) is 6.33. The molecular weight excluding hydrogens is 372 g/mol. The van der Waals surface area contributed by atoms with Gasteiger partial charge in [0.05, 0.1) is 18.4 Å². The molecule has 1 amide bonds. The van der Waals surface area contributed by atoms with Gasteiger partial charge in [-0.2, -0.15) is 0 Å². The average Bonchev–Trinajstić information content (AvgIpc) is 3.03. The second-order valence-corrected chi connectivity index (χ2v) is 8.14. The van der Waals surface area contributed by atoms with E-state index < -0.39 is 5.69 Å². The standard InChI is InChI=1S/C20H24N6O3/c27-18(13-24-7-1-4-23-19(24)28)26-15-2-3-16(26)11-20(10-15)14-25(8-9-29-20)17-12-21-5-6-22-17/h1,4-7,12,15-16H,2-3,8-11,13-14H2/t15-,16+,20?. The van der Waals surface area contributed by atoms with Crippen molar-refractivity contribution in [2.24, 2.45) is 0 Å². The van der Waals surface area contributed by atoms with E-state index in [4.69, 9.17) is 4.74 Å². The van der Waals surface area contributed by atoms with E-state index in [-0.39, 0.29) is 30.1 Å². The number of hydrogen-bond donors (Lipinski definition) is 0. The van der Waals surface area contributed by atoms with Crippen molar-refractivity contribution in [3.63, 3.8) is 0 Å². The lowest BCUT2D eigenvalue weighted by Crippen LogP contribution is -2.61. The van der Waals surface area contributed by atoms with Gasteiger partial charge in [0, 0.05) is 50.0 Å². The van der Waals surface area contributed by atoms with Crippen LogP contribution in [0.5, 0.6) is 0 Å². The van der Waals surface area contributed by atoms with E-state index in [1.165, 1.54) is 10.8 Å². The number of carbonyl (C=O) groups excluding carboxylic acids is 1. The molecular formula is C20H24N6O3. The van der Waals surface area contributed by atoms with E-state index in [0.29, 0.717) is 6.61 Å². The minimum absolute atomic E-state index is 0.0101. The monoisotopic (exact) mass is 396 g/mol. The van der Waals surface area contributed by atoms with Crippen LogP contribution in [-0.4, -0.2) is 67.7 Å². The second-order valence-electron chi connectivity index (χ2n) is 8.14. The van der Waals surface area contributed by atoms with Crippen molar-refractivity contribution in [1.29, 1.82) is 0 Å². The highest BCUT2D eigenvalue weighted by molar-refractivity contribution is 5.77. The van der Waals surface area contributed by atoms with Crippen molar-refractivity contribution in [3.05, 3.63) is 47.5 Å². The van der Waals surface area contributed by atoms with Crippen molar-refractivity contribution in [2.45, 2.75) is 49.9 Å². The maximum absolute atomic E-state index is 13.0. The first-order valence-corrected chi connectivity index (χ1v) is 10.1. The molecule has 1 spiro atoms. The van der Waals surface area contributed by atoms with Gasteiger partial charge in [0.2, 0.25) is 5.91 Å². The van der Waals surface area contributed by atoms with Gasteiger partial charge in [-0.1, -0.05) is 0 Å². The maximum Gasteiger partial charge on any atom is 0.347 e. The van der Waals surface area contributed by atoms with Crippen LogP contribution in [-0.2, 0) is 16.1 Å². The summed E-state index contributed by atoms with van der Waals surface area (Å²) in [5, 5.41) is 0. The molecule has 2 bridgehead atoms. The van der Waals surface area contributed by atoms with Crippen LogP contribution in [0, 0.1) is 0 Å². The van der Waals surface area contributed by atoms with Gasteiger partial charge >= 0.3 is 5.69 Å². The first-order valence-electron chi connectivity index (χ1n) is 10.1. The Morgan fingerprint density at radius 1 is 1.17 bits per heavy atom. The third-order valence-corrected chi connectivity index (χ3v) is 6.33. The number of aromatic nitrogens is 4. The molecule has 3 saturated heterocycles. The Kier molecular flexibility index (Phi) is 4.54. The third kappa shape index (κ3) is 3.39. The fourth-order valence-corrected chi connectivity index (χ4v) is 5.19. The topological polar surface area (TPSA) is 93.5 Å². The molecule has 5 heterocycles. The number of fused-ring (bicyclic) bond motifs is 2. The number of morpholine rings is 1. The van der Waals surface area contributed by atoms with Crippen molar-refractivity contribution < 1.29 is 9.53 Å². The number of carbonyl (C=O) groups is 1. The number of anilines is 1. The minimum atomic E-state index is -0.392. The van der Waals surface area contributed by atoms with Gasteiger partial charge in [0.15, 0.2) is 0 Å². The Balaban J connectivity index is 1.31. The van der Waals surface area contributed by atoms with Crippen LogP contribution < -0.4 is 10.6 Å². The van der Waals surface area contributed by atoms with E-state index in [9.17, 15) is 9.59 Å². The smallest absolute Gasteiger partial charge is 0.347 e. The number of rotatable bonds is 3. The predicted molar refractivity (Wildman–Crippen MR) is 104 cm³/mol. The molecule has 29 heavy (non-hydrogen) atoms. The first-order chi connectivity index (χ1) is 14.1. The van der Waals surface area contributed by atoms with E-state index in [0.717, 1.165) is 44.6 Å². The van der Waals surface area contributed by atoms with Crippen molar-refractivity contribution >= 4 is 11.7 Å². The summed E-state index contributed by atoms with van der Waals surface area (Å²) in [6.07, 6.45) is 11.8. The van der Waals surface area contributed by atoms with Crippen molar-refractivity contribution in [3.8, 4) is 0 Å². The van der Waals surface area contributed by atoms with Gasteiger partial charge in [0.1, 0.15) is 12.4 Å². The molecule has 3 aliphatic rings. The SMILES string of the molecule is O=C(Cn1cccnc1=O)N1[C@@H]2CC[C@H]1CC1(C2)CN(c2cnccn2)CCO1. The van der Waals surface area contributed by atoms with Gasteiger partial charge in [-0.3, -0.25) is 14.3 Å². The quantitative estimate of drug-likeness (QED) is 0.744. The lowest BCUT2D eigenvalue weighted by Gasteiger charge is -2.50. The molecule has 5 rings (SSSR count). The Morgan fingerprint density at radius 3 is 2.72 bits per heavy atom. The molecule has 2 aromatic rings. The largest absolute Gasteiger partial charge is 0.371 e. The molecule has 3 fully saturated rings. The average molecular weight is 396 g/mol. The zero-order valence-corrected chi connectivity index (χ0v) is 16.2. The zero-order chi connectivity index (χ0) is 19.8. The molecule has 3 aliphatic heterocycles. The number of nitrogens with zero attached hydrogens (tertiary/aromatic N) is 6. The number of hydrogen-bond acceptors (Lipinski definition) is 7. The van der Waals surface area contributed by atoms with Gasteiger partial charge < -0.3 is 14.5 Å². The Morgan fingerprint density at radius 2 is 2.00 bits per heavy atom. The molecule has 1 unspecified atom stereocenters. The van der Waals surface area contributed by atoms with Crippen LogP contribution in [0.3, 0.4) is 0 Å². The number of amides is 1. The zero-order valence-electron chi connectivity index (χ0n) is 16.2. The van der Waals surface area contributed by atoms with Crippen LogP contribution in [0.2, 0.25) is 0 Å². The Bertz CT molecular complexity index is 934. The maximum atomic E-state index is 13.0. The summed E-state index contributed by atoms with van der Waals surface area (Å²) in [6.45, 7) is 2.25. The lowest BCUT2D eigenvalue weighted by molar-refractivity contribution is -0.148. The molecule has 9 heteroatoms. The van der Waals surface area contributed by atoms with E-state index >= 15 is 0 Å². The fourth-order valence-electron chi connectivity index (χ4n) is 5.19. The van der Waals surface area contributed by atoms with Crippen molar-refractivity contribution in [2.75, 3.05) is 24.6 Å². The molecule has 0 N–H and O–H groups in total. The lowest BCUT2D eigenvalue weighted by atomic mass is 9.84. The highest BCUT2D eigenvalue weighted by Crippen LogP contribution is 2.44. The highest BCUT2D eigenvalue weighted by Gasteiger charge is 2.52. The second kappa shape index (κ2) is 7.22. The first kappa shape index (κ1) is 18.2. The molecule has 152 valence electrons. The normalized spacial score (nSPS) is 28.7. The highest BCUT2D eigenvalue weighted by atomic mass is 16.5. The Labute approximate surface area is 168 Å². The molecule has 0 aliphatic carbocycles. The van der Waals surface area contributed by atoms with Crippen LogP contribution in [0.15, 0.2) is 41.8 Å². The van der Waals surface area contributed by atoms with Crippen molar-refractivity contribution in [1.82, 2.24) is 24.4 Å². The summed E-state index contributed by atoms with van der Waals surface area (Å²) in [6, 6.07) is 1.97. The number of piperidine rings is 1. The number of ether oxygens (including phenoxy) is 1. The van der Waals surface area contributed by atoms with E-state index in [2.05, 4.69) is 19.9 Å². The molecule has 0 radical (unpaired) electrons. The molecule has 0 aromatic carbocycles. The predicted octanol–water partition coefficient (Wildman–Crippen LogP) is 0.462.